The SMILES string of the molecule is N=CCC=C1C=CC=CN1. The second kappa shape index (κ2) is 3.67. The lowest BCUT2D eigenvalue weighted by molar-refractivity contribution is 1.08. The molecular formula is C8H10N2. The average molecular weight is 134 g/mol. The van der Waals surface area contributed by atoms with Gasteiger partial charge in [-0.25, -0.2) is 0 Å². The number of hydrogen-bond donors (Lipinski definition) is 2. The Kier molecular flexibility index (Phi) is 2.49. The molecular weight excluding hydrogens is 124 g/mol. The highest BCUT2D eigenvalue weighted by Crippen LogP contribution is 1.98. The van der Waals surface area contributed by atoms with E-state index in [2.05, 4.69) is 5.32 Å². The Morgan fingerprint density at radius 1 is 1.50 bits per heavy atom. The van der Waals surface area contributed by atoms with Crippen LogP contribution in [0.15, 0.2) is 36.2 Å². The van der Waals surface area contributed by atoms with Crippen LogP contribution in [0.3, 0.4) is 0 Å². The van der Waals surface area contributed by atoms with Gasteiger partial charge in [0.1, 0.15) is 0 Å². The number of nitrogens with one attached hydrogen (secondary N) is 2. The maximum atomic E-state index is 6.78. The molecule has 2 N–H and O–H groups in total. The van der Waals surface area contributed by atoms with Gasteiger partial charge < -0.3 is 10.7 Å². The molecule has 0 atom stereocenters. The standard InChI is InChI=1S/C8H10N2/c9-6-3-5-8-4-1-2-7-10-8/h1-2,4-7,9-10H,3H2. The number of dihydropyridines is 1. The highest BCUT2D eigenvalue weighted by molar-refractivity contribution is 5.56. The van der Waals surface area contributed by atoms with E-state index in [1.165, 1.54) is 6.21 Å². The Balaban J connectivity index is 2.49. The second-order valence-corrected chi connectivity index (χ2v) is 1.96. The van der Waals surface area contributed by atoms with E-state index in [9.17, 15) is 0 Å². The predicted octanol–water partition coefficient (Wildman–Crippen LogP) is 1.58. The third-order valence-electron chi connectivity index (χ3n) is 1.19. The Bertz CT molecular complexity index is 199. The minimum atomic E-state index is 0.695. The van der Waals surface area contributed by atoms with E-state index in [1.807, 2.05) is 30.5 Å². The van der Waals surface area contributed by atoms with Crippen LogP contribution in [0.2, 0.25) is 0 Å². The third-order valence-corrected chi connectivity index (χ3v) is 1.19. The molecule has 0 radical (unpaired) electrons. The van der Waals surface area contributed by atoms with E-state index in [1.54, 1.807) is 0 Å². The van der Waals surface area contributed by atoms with Crippen LogP contribution in [0, 0.1) is 5.41 Å². The second-order valence-electron chi connectivity index (χ2n) is 1.96. The van der Waals surface area contributed by atoms with E-state index in [0.717, 1.165) is 5.70 Å². The Hall–Kier alpha value is -1.31. The minimum Gasteiger partial charge on any atom is -0.362 e. The molecule has 52 valence electrons. The van der Waals surface area contributed by atoms with Crippen LogP contribution in [0.4, 0.5) is 0 Å². The average Bonchev–Trinajstić information content (AvgIpc) is 2.03. The van der Waals surface area contributed by atoms with Crippen molar-refractivity contribution >= 4 is 6.21 Å². The van der Waals surface area contributed by atoms with Crippen molar-refractivity contribution in [2.24, 2.45) is 0 Å². The van der Waals surface area contributed by atoms with Crippen molar-refractivity contribution in [1.29, 1.82) is 5.41 Å². The van der Waals surface area contributed by atoms with Gasteiger partial charge in [-0.15, -0.1) is 0 Å². The third kappa shape index (κ3) is 1.90. The van der Waals surface area contributed by atoms with Gasteiger partial charge in [-0.05, 0) is 18.4 Å². The molecule has 2 heteroatoms. The Labute approximate surface area is 60.5 Å². The molecule has 1 heterocycles. The maximum absolute atomic E-state index is 6.78. The highest BCUT2D eigenvalue weighted by Gasteiger charge is 1.88. The van der Waals surface area contributed by atoms with E-state index in [-0.39, 0.29) is 0 Å². The van der Waals surface area contributed by atoms with Crippen LogP contribution in [0.5, 0.6) is 0 Å². The first-order valence-corrected chi connectivity index (χ1v) is 3.22. The molecule has 0 aromatic carbocycles. The molecule has 1 rings (SSSR count). The van der Waals surface area contributed by atoms with Crippen LogP contribution >= 0.6 is 0 Å². The van der Waals surface area contributed by atoms with E-state index < -0.39 is 0 Å². The summed E-state index contributed by atoms with van der Waals surface area (Å²) in [6, 6.07) is 0. The van der Waals surface area contributed by atoms with Gasteiger partial charge in [0.05, 0.1) is 0 Å². The van der Waals surface area contributed by atoms with Crippen molar-refractivity contribution in [1.82, 2.24) is 5.32 Å². The Morgan fingerprint density at radius 2 is 2.40 bits per heavy atom. The minimum absolute atomic E-state index is 0.695. The van der Waals surface area contributed by atoms with Gasteiger partial charge in [-0.3, -0.25) is 0 Å². The van der Waals surface area contributed by atoms with Crippen LogP contribution in [-0.4, -0.2) is 6.21 Å². The molecule has 0 unspecified atom stereocenters. The summed E-state index contributed by atoms with van der Waals surface area (Å²) in [5.74, 6) is 0. The number of allylic oxidation sites excluding steroid dienone is 4. The van der Waals surface area contributed by atoms with Crippen molar-refractivity contribution in [2.75, 3.05) is 0 Å². The van der Waals surface area contributed by atoms with Crippen LogP contribution in [-0.2, 0) is 0 Å². The quantitative estimate of drug-likeness (QED) is 0.553. The van der Waals surface area contributed by atoms with E-state index in [4.69, 9.17) is 5.41 Å². The first kappa shape index (κ1) is 6.81. The zero-order chi connectivity index (χ0) is 7.23. The van der Waals surface area contributed by atoms with Gasteiger partial charge in [0.2, 0.25) is 0 Å². The number of rotatable bonds is 2. The lowest BCUT2D eigenvalue weighted by atomic mass is 10.3. The number of hydrogen-bond acceptors (Lipinski definition) is 2. The first-order chi connectivity index (χ1) is 4.93. The van der Waals surface area contributed by atoms with Gasteiger partial charge in [0, 0.05) is 18.3 Å². The summed E-state index contributed by atoms with van der Waals surface area (Å²) >= 11 is 0. The molecule has 0 spiro atoms. The molecule has 2 nitrogen and oxygen atoms in total. The Morgan fingerprint density at radius 3 is 3.00 bits per heavy atom. The zero-order valence-electron chi connectivity index (χ0n) is 5.67. The summed E-state index contributed by atoms with van der Waals surface area (Å²) in [5, 5.41) is 9.83. The van der Waals surface area contributed by atoms with Crippen LogP contribution < -0.4 is 5.32 Å². The molecule has 0 aromatic heterocycles. The molecule has 10 heavy (non-hydrogen) atoms. The van der Waals surface area contributed by atoms with Gasteiger partial charge in [0.25, 0.3) is 0 Å². The zero-order valence-corrected chi connectivity index (χ0v) is 5.67. The smallest absolute Gasteiger partial charge is 0.0342 e. The first-order valence-electron chi connectivity index (χ1n) is 3.22. The van der Waals surface area contributed by atoms with Crippen molar-refractivity contribution in [3.05, 3.63) is 36.2 Å². The molecule has 0 bridgehead atoms. The maximum Gasteiger partial charge on any atom is 0.0342 e. The van der Waals surface area contributed by atoms with E-state index in [0.29, 0.717) is 6.42 Å². The van der Waals surface area contributed by atoms with Gasteiger partial charge in [-0.2, -0.15) is 0 Å². The summed E-state index contributed by atoms with van der Waals surface area (Å²) < 4.78 is 0. The molecule has 1 aliphatic heterocycles. The summed E-state index contributed by atoms with van der Waals surface area (Å²) in [6.07, 6.45) is 11.8. The molecule has 1 aliphatic rings. The highest BCUT2D eigenvalue weighted by atomic mass is 14.8. The van der Waals surface area contributed by atoms with Gasteiger partial charge in [0.15, 0.2) is 0 Å². The van der Waals surface area contributed by atoms with Crippen molar-refractivity contribution in [3.8, 4) is 0 Å². The monoisotopic (exact) mass is 134 g/mol. The summed E-state index contributed by atoms with van der Waals surface area (Å²) in [4.78, 5) is 0. The summed E-state index contributed by atoms with van der Waals surface area (Å²) in [6.45, 7) is 0. The van der Waals surface area contributed by atoms with Crippen LogP contribution in [0.1, 0.15) is 6.42 Å². The predicted molar refractivity (Wildman–Crippen MR) is 42.9 cm³/mol. The normalized spacial score (nSPS) is 19.0. The molecule has 0 aromatic rings. The topological polar surface area (TPSA) is 35.9 Å². The lowest BCUT2D eigenvalue weighted by Gasteiger charge is -2.03. The fourth-order valence-corrected chi connectivity index (χ4v) is 0.720. The summed E-state index contributed by atoms with van der Waals surface area (Å²) in [7, 11) is 0. The van der Waals surface area contributed by atoms with Gasteiger partial charge >= 0.3 is 0 Å². The summed E-state index contributed by atoms with van der Waals surface area (Å²) in [5.41, 5.74) is 1.06. The van der Waals surface area contributed by atoms with Gasteiger partial charge in [-0.1, -0.05) is 12.2 Å². The molecule has 0 aliphatic carbocycles. The molecule has 0 fully saturated rings. The lowest BCUT2D eigenvalue weighted by Crippen LogP contribution is -2.04. The van der Waals surface area contributed by atoms with Crippen molar-refractivity contribution in [2.45, 2.75) is 6.42 Å². The largest absolute Gasteiger partial charge is 0.362 e. The van der Waals surface area contributed by atoms with Crippen LogP contribution in [0.25, 0.3) is 0 Å². The van der Waals surface area contributed by atoms with E-state index >= 15 is 0 Å². The fourth-order valence-electron chi connectivity index (χ4n) is 0.720. The molecule has 0 amide bonds. The van der Waals surface area contributed by atoms with Crippen molar-refractivity contribution in [3.63, 3.8) is 0 Å². The molecule has 0 saturated carbocycles. The fraction of sp³-hybridized carbons (Fsp3) is 0.125. The molecule has 0 saturated heterocycles. The van der Waals surface area contributed by atoms with Crippen molar-refractivity contribution < 1.29 is 0 Å².